The first-order valence-corrected chi connectivity index (χ1v) is 8.53. The molecule has 1 fully saturated rings. The van der Waals surface area contributed by atoms with E-state index in [1.165, 1.54) is 0 Å². The summed E-state index contributed by atoms with van der Waals surface area (Å²) in [6.07, 6.45) is -1.90. The number of halogens is 3. The van der Waals surface area contributed by atoms with Gasteiger partial charge in [0, 0.05) is 45.1 Å². The summed E-state index contributed by atoms with van der Waals surface area (Å²) in [6, 6.07) is 5.69. The maximum Gasteiger partial charge on any atom is 0.433 e. The van der Waals surface area contributed by atoms with Gasteiger partial charge in [0.15, 0.2) is 0 Å². The number of amides is 1. The van der Waals surface area contributed by atoms with E-state index < -0.39 is 17.8 Å². The normalized spacial score (nSPS) is 15.6. The van der Waals surface area contributed by atoms with Crippen molar-refractivity contribution in [2.45, 2.75) is 12.7 Å². The molecule has 6 nitrogen and oxygen atoms in total. The van der Waals surface area contributed by atoms with Crippen molar-refractivity contribution in [2.75, 3.05) is 38.1 Å². The maximum absolute atomic E-state index is 12.5. The van der Waals surface area contributed by atoms with Gasteiger partial charge in [-0.25, -0.2) is 4.98 Å². The molecule has 0 aromatic carbocycles. The first-order valence-electron chi connectivity index (χ1n) is 8.53. The van der Waals surface area contributed by atoms with Crippen molar-refractivity contribution in [2.24, 2.45) is 0 Å². The lowest BCUT2D eigenvalue weighted by Gasteiger charge is -2.33. The summed E-state index contributed by atoms with van der Waals surface area (Å²) < 4.78 is 37.5. The number of hydrogen-bond donors (Lipinski definition) is 1. The Labute approximate surface area is 155 Å². The van der Waals surface area contributed by atoms with Crippen LogP contribution in [0.1, 0.15) is 21.6 Å². The van der Waals surface area contributed by atoms with Gasteiger partial charge in [0.2, 0.25) is 0 Å². The topological polar surface area (TPSA) is 61.4 Å². The Morgan fingerprint density at radius 1 is 1.07 bits per heavy atom. The van der Waals surface area contributed by atoms with E-state index in [1.54, 1.807) is 6.20 Å². The molecule has 0 bridgehead atoms. The number of alkyl halides is 3. The molecule has 2 aromatic heterocycles. The molecule has 1 saturated heterocycles. The lowest BCUT2D eigenvalue weighted by Crippen LogP contribution is -2.44. The zero-order chi connectivity index (χ0) is 19.4. The lowest BCUT2D eigenvalue weighted by atomic mass is 10.2. The van der Waals surface area contributed by atoms with E-state index in [1.807, 2.05) is 12.1 Å². The minimum Gasteiger partial charge on any atom is -0.354 e. The summed E-state index contributed by atoms with van der Waals surface area (Å²) in [5.41, 5.74) is -0.145. The molecule has 0 spiro atoms. The number of likely N-dealkylation sites (N-methyl/N-ethyl adjacent to an activating group) is 1. The highest BCUT2D eigenvalue weighted by atomic mass is 19.4. The Bertz CT molecular complexity index is 769. The van der Waals surface area contributed by atoms with Crippen molar-refractivity contribution in [3.05, 3.63) is 53.5 Å². The van der Waals surface area contributed by atoms with Crippen molar-refractivity contribution < 1.29 is 18.0 Å². The molecule has 0 unspecified atom stereocenters. The van der Waals surface area contributed by atoms with Crippen LogP contribution in [-0.4, -0.2) is 54.0 Å². The molecule has 9 heteroatoms. The minimum absolute atomic E-state index is 0.0741. The molecule has 0 radical (unpaired) electrons. The van der Waals surface area contributed by atoms with Gasteiger partial charge in [0.25, 0.3) is 5.91 Å². The van der Waals surface area contributed by atoms with Crippen molar-refractivity contribution >= 4 is 11.7 Å². The molecule has 1 amide bonds. The Balaban J connectivity index is 1.54. The van der Waals surface area contributed by atoms with E-state index in [-0.39, 0.29) is 12.1 Å². The van der Waals surface area contributed by atoms with Crippen LogP contribution in [0.4, 0.5) is 19.0 Å². The molecule has 3 rings (SSSR count). The molecule has 3 heterocycles. The number of piperazine rings is 1. The fraction of sp³-hybridized carbons (Fsp3) is 0.389. The Kier molecular flexibility index (Phi) is 5.59. The Morgan fingerprint density at radius 2 is 1.81 bits per heavy atom. The fourth-order valence-electron chi connectivity index (χ4n) is 2.72. The summed E-state index contributed by atoms with van der Waals surface area (Å²) in [6.45, 7) is 4.04. The van der Waals surface area contributed by atoms with Gasteiger partial charge in [0.1, 0.15) is 11.5 Å². The second kappa shape index (κ2) is 7.91. The third-order valence-electron chi connectivity index (χ3n) is 4.41. The summed E-state index contributed by atoms with van der Waals surface area (Å²) in [4.78, 5) is 24.2. The predicted octanol–water partition coefficient (Wildman–Crippen LogP) is 2.18. The van der Waals surface area contributed by atoms with E-state index in [9.17, 15) is 18.0 Å². The molecule has 1 aliphatic rings. The standard InChI is InChI=1S/C18H20F3N5O/c1-25-6-8-26(9-7-25)16-5-2-13(10-23-16)11-24-17(27)14-3-4-15(22-12-14)18(19,20)21/h2-5,10,12H,6-9,11H2,1H3,(H,24,27). The molecule has 27 heavy (non-hydrogen) atoms. The number of aromatic nitrogens is 2. The van der Waals surface area contributed by atoms with Crippen LogP contribution in [0, 0.1) is 0 Å². The second-order valence-electron chi connectivity index (χ2n) is 6.43. The zero-order valence-corrected chi connectivity index (χ0v) is 14.8. The van der Waals surface area contributed by atoms with Crippen LogP contribution >= 0.6 is 0 Å². The first-order chi connectivity index (χ1) is 12.8. The number of carbonyl (C=O) groups excluding carboxylic acids is 1. The van der Waals surface area contributed by atoms with Crippen molar-refractivity contribution in [1.82, 2.24) is 20.2 Å². The number of pyridine rings is 2. The number of rotatable bonds is 4. The summed E-state index contributed by atoms with van der Waals surface area (Å²) >= 11 is 0. The highest BCUT2D eigenvalue weighted by Crippen LogP contribution is 2.27. The van der Waals surface area contributed by atoms with Gasteiger partial charge in [-0.2, -0.15) is 13.2 Å². The van der Waals surface area contributed by atoms with Gasteiger partial charge in [-0.3, -0.25) is 9.78 Å². The molecule has 1 aliphatic heterocycles. The molecule has 144 valence electrons. The van der Waals surface area contributed by atoms with Gasteiger partial charge in [0.05, 0.1) is 5.56 Å². The maximum atomic E-state index is 12.5. The second-order valence-corrected chi connectivity index (χ2v) is 6.43. The largest absolute Gasteiger partial charge is 0.433 e. The van der Waals surface area contributed by atoms with Crippen molar-refractivity contribution in [3.8, 4) is 0 Å². The number of carbonyl (C=O) groups is 1. The van der Waals surface area contributed by atoms with Gasteiger partial charge in [-0.05, 0) is 30.8 Å². The summed E-state index contributed by atoms with van der Waals surface area (Å²) in [5, 5.41) is 2.66. The third-order valence-corrected chi connectivity index (χ3v) is 4.41. The monoisotopic (exact) mass is 379 g/mol. The summed E-state index contributed by atoms with van der Waals surface area (Å²) in [7, 11) is 2.09. The van der Waals surface area contributed by atoms with Crippen LogP contribution < -0.4 is 10.2 Å². The van der Waals surface area contributed by atoms with Gasteiger partial charge in [-0.15, -0.1) is 0 Å². The number of nitrogens with zero attached hydrogens (tertiary/aromatic N) is 4. The predicted molar refractivity (Wildman–Crippen MR) is 94.4 cm³/mol. The molecule has 0 aliphatic carbocycles. The molecule has 0 atom stereocenters. The molecule has 1 N–H and O–H groups in total. The minimum atomic E-state index is -4.52. The fourth-order valence-corrected chi connectivity index (χ4v) is 2.72. The van der Waals surface area contributed by atoms with Crippen LogP contribution in [0.15, 0.2) is 36.7 Å². The van der Waals surface area contributed by atoms with Crippen molar-refractivity contribution in [1.29, 1.82) is 0 Å². The van der Waals surface area contributed by atoms with Gasteiger partial charge >= 0.3 is 6.18 Å². The van der Waals surface area contributed by atoms with Crippen LogP contribution in [0.25, 0.3) is 0 Å². The van der Waals surface area contributed by atoms with E-state index in [0.717, 1.165) is 55.9 Å². The third kappa shape index (κ3) is 4.94. The molecule has 2 aromatic rings. The van der Waals surface area contributed by atoms with Crippen LogP contribution in [0.3, 0.4) is 0 Å². The van der Waals surface area contributed by atoms with Crippen LogP contribution in [0.5, 0.6) is 0 Å². The average molecular weight is 379 g/mol. The molecule has 0 saturated carbocycles. The Hall–Kier alpha value is -2.68. The SMILES string of the molecule is CN1CCN(c2ccc(CNC(=O)c3ccc(C(F)(F)F)nc3)cn2)CC1. The Morgan fingerprint density at radius 3 is 2.37 bits per heavy atom. The van der Waals surface area contributed by atoms with Crippen molar-refractivity contribution in [3.63, 3.8) is 0 Å². The highest BCUT2D eigenvalue weighted by molar-refractivity contribution is 5.93. The summed E-state index contributed by atoms with van der Waals surface area (Å²) in [5.74, 6) is 0.407. The van der Waals surface area contributed by atoms with E-state index in [2.05, 4.69) is 32.1 Å². The molecular formula is C18H20F3N5O. The quantitative estimate of drug-likeness (QED) is 0.882. The van der Waals surface area contributed by atoms with E-state index in [0.29, 0.717) is 0 Å². The number of anilines is 1. The van der Waals surface area contributed by atoms with E-state index in [4.69, 9.17) is 0 Å². The first kappa shape index (κ1) is 19.1. The van der Waals surface area contributed by atoms with E-state index >= 15 is 0 Å². The zero-order valence-electron chi connectivity index (χ0n) is 14.8. The van der Waals surface area contributed by atoms with Gasteiger partial charge in [-0.1, -0.05) is 6.07 Å². The van der Waals surface area contributed by atoms with Crippen LogP contribution in [-0.2, 0) is 12.7 Å². The lowest BCUT2D eigenvalue weighted by molar-refractivity contribution is -0.141. The molecular weight excluding hydrogens is 359 g/mol. The highest BCUT2D eigenvalue weighted by Gasteiger charge is 2.32. The van der Waals surface area contributed by atoms with Crippen LogP contribution in [0.2, 0.25) is 0 Å². The smallest absolute Gasteiger partial charge is 0.354 e. The number of nitrogens with one attached hydrogen (secondary N) is 1. The number of hydrogen-bond acceptors (Lipinski definition) is 5. The average Bonchev–Trinajstić information content (AvgIpc) is 2.66. The van der Waals surface area contributed by atoms with Gasteiger partial charge < -0.3 is 15.1 Å².